The highest BCUT2D eigenvalue weighted by molar-refractivity contribution is 7.13. The normalized spacial score (nSPS) is 17.0. The molecule has 4 rings (SSSR count). The molecule has 0 saturated carbocycles. The van der Waals surface area contributed by atoms with Gasteiger partial charge in [-0.05, 0) is 25.0 Å². The van der Waals surface area contributed by atoms with E-state index in [1.807, 2.05) is 15.9 Å². The first-order valence-corrected chi connectivity index (χ1v) is 11.3. The first-order chi connectivity index (χ1) is 14.6. The van der Waals surface area contributed by atoms with Crippen molar-refractivity contribution in [2.45, 2.75) is 19.3 Å². The van der Waals surface area contributed by atoms with E-state index < -0.39 is 0 Å². The Morgan fingerprint density at radius 3 is 2.63 bits per heavy atom. The average molecular weight is 432 g/mol. The highest BCUT2D eigenvalue weighted by atomic mass is 32.1. The number of likely N-dealkylation sites (tertiary alicyclic amines) is 1. The summed E-state index contributed by atoms with van der Waals surface area (Å²) in [5.74, 6) is -0.177. The van der Waals surface area contributed by atoms with Crippen LogP contribution in [0.3, 0.4) is 0 Å². The quantitative estimate of drug-likeness (QED) is 0.682. The van der Waals surface area contributed by atoms with Crippen molar-refractivity contribution >= 4 is 34.0 Å². The van der Waals surface area contributed by atoms with Gasteiger partial charge in [-0.2, -0.15) is 0 Å². The molecule has 2 aliphatic rings. The fraction of sp³-hybridized carbons (Fsp3) is 0.476. The number of carbonyl (C=O) groups is 2. The van der Waals surface area contributed by atoms with Gasteiger partial charge in [-0.3, -0.25) is 9.59 Å². The van der Waals surface area contributed by atoms with Crippen molar-refractivity contribution < 1.29 is 14.0 Å². The van der Waals surface area contributed by atoms with E-state index in [0.29, 0.717) is 44.0 Å². The Morgan fingerprint density at radius 1 is 1.13 bits per heavy atom. The molecule has 9 heteroatoms. The van der Waals surface area contributed by atoms with Gasteiger partial charge in [0.25, 0.3) is 5.91 Å². The lowest BCUT2D eigenvalue weighted by Gasteiger charge is -2.36. The summed E-state index contributed by atoms with van der Waals surface area (Å²) >= 11 is 1.45. The minimum Gasteiger partial charge on any atom is -0.366 e. The number of benzene rings is 1. The number of piperazine rings is 1. The van der Waals surface area contributed by atoms with Gasteiger partial charge >= 0.3 is 0 Å². The molecule has 0 radical (unpaired) electrons. The Hall–Kier alpha value is -2.68. The molecular weight excluding hydrogens is 405 g/mol. The molecule has 0 aliphatic carbocycles. The second kappa shape index (κ2) is 9.42. The molecule has 0 atom stereocenters. The lowest BCUT2D eigenvalue weighted by Crippen LogP contribution is -2.46. The minimum absolute atomic E-state index is 0.185. The summed E-state index contributed by atoms with van der Waals surface area (Å²) in [6.07, 6.45) is 2.32. The maximum atomic E-state index is 14.0. The second-order valence-corrected chi connectivity index (χ2v) is 8.37. The largest absolute Gasteiger partial charge is 0.366 e. The first kappa shape index (κ1) is 20.6. The van der Waals surface area contributed by atoms with Crippen molar-refractivity contribution in [1.82, 2.24) is 15.2 Å². The molecule has 0 bridgehead atoms. The number of anilines is 2. The number of rotatable bonds is 7. The third kappa shape index (κ3) is 4.72. The van der Waals surface area contributed by atoms with Crippen LogP contribution in [-0.4, -0.2) is 67.5 Å². The van der Waals surface area contributed by atoms with Crippen molar-refractivity contribution in [2.75, 3.05) is 55.6 Å². The van der Waals surface area contributed by atoms with E-state index in [0.717, 1.165) is 37.6 Å². The van der Waals surface area contributed by atoms with E-state index in [9.17, 15) is 14.0 Å². The van der Waals surface area contributed by atoms with Crippen LogP contribution in [-0.2, 0) is 4.79 Å². The van der Waals surface area contributed by atoms with E-state index >= 15 is 0 Å². The number of carbonyl (C=O) groups excluding carboxylic acids is 2. The zero-order chi connectivity index (χ0) is 20.9. The first-order valence-electron chi connectivity index (χ1n) is 10.4. The molecule has 2 aliphatic heterocycles. The number of amides is 2. The van der Waals surface area contributed by atoms with Crippen LogP contribution in [0.25, 0.3) is 0 Å². The Labute approximate surface area is 179 Å². The average Bonchev–Trinajstić information content (AvgIpc) is 3.41. The summed E-state index contributed by atoms with van der Waals surface area (Å²) in [5, 5.41) is 5.48. The molecule has 1 aromatic carbocycles. The summed E-state index contributed by atoms with van der Waals surface area (Å²) in [6.45, 7) is 4.91. The van der Waals surface area contributed by atoms with Gasteiger partial charge in [0.1, 0.15) is 11.5 Å². The van der Waals surface area contributed by atoms with Crippen molar-refractivity contribution in [3.8, 4) is 0 Å². The van der Waals surface area contributed by atoms with Gasteiger partial charge in [-0.25, -0.2) is 9.37 Å². The van der Waals surface area contributed by atoms with Crippen LogP contribution in [0.5, 0.6) is 0 Å². The molecule has 2 aromatic rings. The van der Waals surface area contributed by atoms with Crippen LogP contribution >= 0.6 is 11.3 Å². The van der Waals surface area contributed by atoms with Crippen molar-refractivity contribution in [3.63, 3.8) is 0 Å². The van der Waals surface area contributed by atoms with E-state index in [2.05, 4.69) is 15.2 Å². The van der Waals surface area contributed by atoms with E-state index in [-0.39, 0.29) is 17.6 Å². The van der Waals surface area contributed by atoms with Crippen molar-refractivity contribution in [2.24, 2.45) is 0 Å². The summed E-state index contributed by atoms with van der Waals surface area (Å²) in [7, 11) is 0. The zero-order valence-electron chi connectivity index (χ0n) is 16.8. The van der Waals surface area contributed by atoms with Gasteiger partial charge in [-0.15, -0.1) is 11.3 Å². The molecule has 0 spiro atoms. The van der Waals surface area contributed by atoms with Gasteiger partial charge in [-0.1, -0.05) is 12.1 Å². The van der Waals surface area contributed by atoms with E-state index in [4.69, 9.17) is 0 Å². The lowest BCUT2D eigenvalue weighted by molar-refractivity contribution is -0.127. The van der Waals surface area contributed by atoms with E-state index in [1.165, 1.54) is 17.4 Å². The van der Waals surface area contributed by atoms with Gasteiger partial charge in [0.2, 0.25) is 5.91 Å². The Bertz CT molecular complexity index is 897. The molecule has 7 nitrogen and oxygen atoms in total. The van der Waals surface area contributed by atoms with Crippen LogP contribution < -0.4 is 15.1 Å². The maximum Gasteiger partial charge on any atom is 0.270 e. The highest BCUT2D eigenvalue weighted by Crippen LogP contribution is 2.25. The number of nitrogens with zero attached hydrogens (tertiary/aromatic N) is 4. The summed E-state index contributed by atoms with van der Waals surface area (Å²) in [4.78, 5) is 34.5. The fourth-order valence-electron chi connectivity index (χ4n) is 3.86. The standard InChI is InChI=1S/C21H26FN5O2S/c22-16-5-1-2-6-18(16)25-11-13-27(14-12-25)21-24-17(15-30-21)20(29)23-8-4-10-26-9-3-7-19(26)28/h1-2,5-6,15H,3-4,7-14H2,(H,23,29). The van der Waals surface area contributed by atoms with Gasteiger partial charge < -0.3 is 20.0 Å². The number of hydrogen-bond acceptors (Lipinski definition) is 6. The predicted molar refractivity (Wildman–Crippen MR) is 116 cm³/mol. The predicted octanol–water partition coefficient (Wildman–Crippen LogP) is 2.35. The summed E-state index contributed by atoms with van der Waals surface area (Å²) in [6, 6.07) is 6.83. The molecule has 1 aromatic heterocycles. The topological polar surface area (TPSA) is 68.8 Å². The molecule has 1 N–H and O–H groups in total. The number of nitrogens with one attached hydrogen (secondary N) is 1. The minimum atomic E-state index is -0.201. The van der Waals surface area contributed by atoms with Crippen LogP contribution in [0.4, 0.5) is 15.2 Å². The Balaban J connectivity index is 1.23. The number of aromatic nitrogens is 1. The second-order valence-electron chi connectivity index (χ2n) is 7.53. The summed E-state index contributed by atoms with van der Waals surface area (Å²) < 4.78 is 14.0. The van der Waals surface area contributed by atoms with Crippen LogP contribution in [0.15, 0.2) is 29.6 Å². The Morgan fingerprint density at radius 2 is 1.90 bits per heavy atom. The van der Waals surface area contributed by atoms with Gasteiger partial charge in [0.15, 0.2) is 5.13 Å². The lowest BCUT2D eigenvalue weighted by atomic mass is 10.2. The van der Waals surface area contributed by atoms with Gasteiger partial charge in [0, 0.05) is 57.6 Å². The molecule has 2 saturated heterocycles. The third-order valence-electron chi connectivity index (χ3n) is 5.53. The SMILES string of the molecule is O=C(NCCCN1CCCC1=O)c1csc(N2CCN(c3ccccc3F)CC2)n1. The Kier molecular flexibility index (Phi) is 6.47. The maximum absolute atomic E-state index is 14.0. The summed E-state index contributed by atoms with van der Waals surface area (Å²) in [5.41, 5.74) is 1.05. The molecule has 0 unspecified atom stereocenters. The third-order valence-corrected chi connectivity index (χ3v) is 6.43. The number of halogens is 1. The van der Waals surface area contributed by atoms with Crippen molar-refractivity contribution in [3.05, 3.63) is 41.2 Å². The molecule has 30 heavy (non-hydrogen) atoms. The number of hydrogen-bond donors (Lipinski definition) is 1. The van der Waals surface area contributed by atoms with Crippen molar-refractivity contribution in [1.29, 1.82) is 0 Å². The fourth-order valence-corrected chi connectivity index (χ4v) is 4.72. The van der Waals surface area contributed by atoms with Crippen LogP contribution in [0.2, 0.25) is 0 Å². The van der Waals surface area contributed by atoms with E-state index in [1.54, 1.807) is 17.5 Å². The molecule has 2 amide bonds. The molecule has 2 fully saturated rings. The highest BCUT2D eigenvalue weighted by Gasteiger charge is 2.22. The molecule has 3 heterocycles. The number of para-hydroxylation sites is 1. The van der Waals surface area contributed by atoms with Crippen LogP contribution in [0.1, 0.15) is 29.8 Å². The van der Waals surface area contributed by atoms with Crippen LogP contribution in [0, 0.1) is 5.82 Å². The molecule has 160 valence electrons. The smallest absolute Gasteiger partial charge is 0.270 e. The van der Waals surface area contributed by atoms with Gasteiger partial charge in [0.05, 0.1) is 5.69 Å². The molecular formula is C21H26FN5O2S. The monoisotopic (exact) mass is 431 g/mol. The number of thiazole rings is 1. The zero-order valence-corrected chi connectivity index (χ0v) is 17.7.